The van der Waals surface area contributed by atoms with Gasteiger partial charge in [-0.05, 0) is 18.1 Å². The number of hydrogen-bond acceptors (Lipinski definition) is 6. The van der Waals surface area contributed by atoms with E-state index in [1.165, 1.54) is 10.8 Å². The van der Waals surface area contributed by atoms with Crippen LogP contribution in [-0.4, -0.2) is 36.3 Å². The maximum Gasteiger partial charge on any atom is 0.342 e. The zero-order valence-electron chi connectivity index (χ0n) is 13.2. The summed E-state index contributed by atoms with van der Waals surface area (Å²) in [6.07, 6.45) is 1.43. The summed E-state index contributed by atoms with van der Waals surface area (Å²) >= 11 is 0. The van der Waals surface area contributed by atoms with E-state index in [0.717, 1.165) is 0 Å². The number of aromatic nitrogens is 2. The first-order valence-electron chi connectivity index (χ1n) is 7.18. The van der Waals surface area contributed by atoms with Gasteiger partial charge in [-0.3, -0.25) is 14.3 Å². The second kappa shape index (κ2) is 8.17. The van der Waals surface area contributed by atoms with Gasteiger partial charge in [-0.2, -0.15) is 0 Å². The molecule has 0 amide bonds. The Kier molecular flexibility index (Phi) is 6.22. The SMILES string of the molecule is Cc1cn(Cc2ccccc2COC(C(=O)O)P(O)O)c(=O)[nH]c1=O. The minimum atomic E-state index is -2.79. The predicted molar refractivity (Wildman–Crippen MR) is 89.2 cm³/mol. The minimum Gasteiger partial charge on any atom is -0.479 e. The van der Waals surface area contributed by atoms with Gasteiger partial charge < -0.3 is 19.6 Å². The standard InChI is InChI=1S/C15H17N2O7P/c1-9-6-17(15(21)16-12(9)18)7-10-4-2-3-5-11(10)8-24-14(13(19)20)25(22)23/h2-6,14,22-23H,7-8H2,1H3,(H,19,20)(H,16,18,21). The zero-order valence-corrected chi connectivity index (χ0v) is 14.1. The molecule has 1 heterocycles. The molecule has 10 heteroatoms. The summed E-state index contributed by atoms with van der Waals surface area (Å²) in [4.78, 5) is 54.7. The van der Waals surface area contributed by atoms with Gasteiger partial charge in [0, 0.05) is 11.8 Å². The van der Waals surface area contributed by atoms with E-state index in [1.807, 2.05) is 0 Å². The Bertz CT molecular complexity index is 875. The summed E-state index contributed by atoms with van der Waals surface area (Å²) in [6.45, 7) is 1.54. The van der Waals surface area contributed by atoms with Crippen molar-refractivity contribution in [2.24, 2.45) is 0 Å². The van der Waals surface area contributed by atoms with Crippen molar-refractivity contribution in [2.45, 2.75) is 25.9 Å². The molecule has 25 heavy (non-hydrogen) atoms. The van der Waals surface area contributed by atoms with Gasteiger partial charge in [0.1, 0.15) is 0 Å². The third-order valence-corrected chi connectivity index (χ3v) is 4.26. The van der Waals surface area contributed by atoms with Gasteiger partial charge in [0.25, 0.3) is 5.56 Å². The normalized spacial score (nSPS) is 12.3. The lowest BCUT2D eigenvalue weighted by atomic mass is 10.1. The summed E-state index contributed by atoms with van der Waals surface area (Å²) in [5.41, 5.74) is 0.609. The summed E-state index contributed by atoms with van der Waals surface area (Å²) < 4.78 is 6.40. The van der Waals surface area contributed by atoms with Crippen molar-refractivity contribution >= 4 is 14.3 Å². The van der Waals surface area contributed by atoms with E-state index < -0.39 is 31.4 Å². The van der Waals surface area contributed by atoms with Crippen LogP contribution in [0.2, 0.25) is 0 Å². The summed E-state index contributed by atoms with van der Waals surface area (Å²) in [6, 6.07) is 6.85. The Balaban J connectivity index is 2.24. The summed E-state index contributed by atoms with van der Waals surface area (Å²) in [5, 5.41) is 8.91. The van der Waals surface area contributed by atoms with E-state index in [-0.39, 0.29) is 13.2 Å². The molecule has 0 aliphatic heterocycles. The number of aliphatic carboxylic acids is 1. The first kappa shape index (κ1) is 19.0. The lowest BCUT2D eigenvalue weighted by Gasteiger charge is -2.16. The number of ether oxygens (including phenoxy) is 1. The molecule has 0 bridgehead atoms. The molecule has 9 nitrogen and oxygen atoms in total. The molecule has 0 spiro atoms. The lowest BCUT2D eigenvalue weighted by Crippen LogP contribution is -2.31. The fourth-order valence-corrected chi connectivity index (χ4v) is 2.58. The maximum absolute atomic E-state index is 11.9. The Morgan fingerprint density at radius 2 is 1.92 bits per heavy atom. The van der Waals surface area contributed by atoms with Crippen LogP contribution in [0.4, 0.5) is 0 Å². The van der Waals surface area contributed by atoms with Crippen molar-refractivity contribution in [3.05, 3.63) is 68.0 Å². The minimum absolute atomic E-state index is 0.140. The molecule has 0 saturated carbocycles. The number of carboxylic acid groups (broad SMARTS) is 1. The van der Waals surface area contributed by atoms with E-state index in [1.54, 1.807) is 31.2 Å². The topological polar surface area (TPSA) is 142 Å². The van der Waals surface area contributed by atoms with Gasteiger partial charge in [0.2, 0.25) is 14.2 Å². The van der Waals surface area contributed by atoms with Crippen LogP contribution in [0.25, 0.3) is 0 Å². The van der Waals surface area contributed by atoms with E-state index in [9.17, 15) is 14.4 Å². The fourth-order valence-electron chi connectivity index (χ4n) is 2.18. The number of carbonyl (C=O) groups is 1. The van der Waals surface area contributed by atoms with Crippen LogP contribution in [0.1, 0.15) is 16.7 Å². The number of aryl methyl sites for hydroxylation is 1. The van der Waals surface area contributed by atoms with E-state index in [4.69, 9.17) is 19.6 Å². The van der Waals surface area contributed by atoms with Crippen molar-refractivity contribution in [2.75, 3.05) is 0 Å². The highest BCUT2D eigenvalue weighted by Crippen LogP contribution is 2.32. The van der Waals surface area contributed by atoms with Gasteiger partial charge in [-0.1, -0.05) is 24.3 Å². The van der Waals surface area contributed by atoms with E-state index in [0.29, 0.717) is 16.7 Å². The number of hydrogen-bond donors (Lipinski definition) is 4. The molecule has 4 N–H and O–H groups in total. The summed E-state index contributed by atoms with van der Waals surface area (Å²) in [5.74, 6) is -3.19. The highest BCUT2D eigenvalue weighted by atomic mass is 31.2. The Morgan fingerprint density at radius 1 is 1.28 bits per heavy atom. The highest BCUT2D eigenvalue weighted by Gasteiger charge is 2.27. The first-order valence-corrected chi connectivity index (χ1v) is 8.49. The molecule has 134 valence electrons. The molecule has 1 unspecified atom stereocenters. The average Bonchev–Trinajstić information content (AvgIpc) is 2.53. The maximum atomic E-state index is 11.9. The third-order valence-electron chi connectivity index (χ3n) is 3.47. The van der Waals surface area contributed by atoms with E-state index in [2.05, 4.69) is 4.98 Å². The van der Waals surface area contributed by atoms with Gasteiger partial charge in [-0.15, -0.1) is 0 Å². The molecule has 2 rings (SSSR count). The van der Waals surface area contributed by atoms with Gasteiger partial charge in [-0.25, -0.2) is 9.59 Å². The number of rotatable bonds is 7. The van der Waals surface area contributed by atoms with Crippen LogP contribution in [0.5, 0.6) is 0 Å². The van der Waals surface area contributed by atoms with Gasteiger partial charge in [0.15, 0.2) is 0 Å². The number of carboxylic acids is 1. The van der Waals surface area contributed by atoms with Crippen LogP contribution in [0.15, 0.2) is 40.1 Å². The van der Waals surface area contributed by atoms with Gasteiger partial charge in [0.05, 0.1) is 13.2 Å². The van der Waals surface area contributed by atoms with Crippen molar-refractivity contribution < 1.29 is 24.4 Å². The van der Waals surface area contributed by atoms with Crippen LogP contribution >= 0.6 is 8.38 Å². The molecule has 0 aliphatic carbocycles. The van der Waals surface area contributed by atoms with Crippen LogP contribution in [-0.2, 0) is 22.7 Å². The number of aromatic amines is 1. The molecule has 1 atom stereocenters. The number of nitrogens with zero attached hydrogens (tertiary/aromatic N) is 1. The number of nitrogens with one attached hydrogen (secondary N) is 1. The van der Waals surface area contributed by atoms with Crippen molar-refractivity contribution in [1.82, 2.24) is 9.55 Å². The average molecular weight is 368 g/mol. The molecule has 1 aromatic heterocycles. The Labute approximate surface area is 143 Å². The third kappa shape index (κ3) is 4.83. The Hall–Kier alpha value is -2.32. The molecule has 0 aliphatic rings. The van der Waals surface area contributed by atoms with Crippen molar-refractivity contribution in [3.63, 3.8) is 0 Å². The Morgan fingerprint density at radius 3 is 2.52 bits per heavy atom. The largest absolute Gasteiger partial charge is 0.479 e. The zero-order chi connectivity index (χ0) is 18.6. The molecule has 0 radical (unpaired) electrons. The lowest BCUT2D eigenvalue weighted by molar-refractivity contribution is -0.146. The van der Waals surface area contributed by atoms with Crippen molar-refractivity contribution in [1.29, 1.82) is 0 Å². The molecule has 1 aromatic carbocycles. The number of H-pyrrole nitrogens is 1. The second-order valence-corrected chi connectivity index (χ2v) is 6.40. The quantitative estimate of drug-likeness (QED) is 0.508. The number of benzene rings is 1. The highest BCUT2D eigenvalue weighted by molar-refractivity contribution is 7.46. The second-order valence-electron chi connectivity index (χ2n) is 5.29. The van der Waals surface area contributed by atoms with Crippen LogP contribution in [0, 0.1) is 6.92 Å². The first-order chi connectivity index (χ1) is 11.8. The fraction of sp³-hybridized carbons (Fsp3) is 0.267. The van der Waals surface area contributed by atoms with Gasteiger partial charge >= 0.3 is 11.7 Å². The molecule has 2 aromatic rings. The van der Waals surface area contributed by atoms with Crippen LogP contribution < -0.4 is 11.2 Å². The van der Waals surface area contributed by atoms with Crippen LogP contribution in [0.3, 0.4) is 0 Å². The predicted octanol–water partition coefficient (Wildman–Crippen LogP) is 0.117. The molecule has 0 saturated heterocycles. The molecular weight excluding hydrogens is 351 g/mol. The smallest absolute Gasteiger partial charge is 0.342 e. The monoisotopic (exact) mass is 368 g/mol. The molecular formula is C15H17N2O7P. The molecule has 0 fully saturated rings. The van der Waals surface area contributed by atoms with Crippen molar-refractivity contribution in [3.8, 4) is 0 Å². The summed E-state index contributed by atoms with van der Waals surface area (Å²) in [7, 11) is -2.79. The van der Waals surface area contributed by atoms with E-state index >= 15 is 0 Å².